The van der Waals surface area contributed by atoms with Gasteiger partial charge in [-0.25, -0.2) is 0 Å². The Morgan fingerprint density at radius 3 is 2.58 bits per heavy atom. The minimum absolute atomic E-state index is 0.0508. The molecule has 1 heterocycles. The third-order valence-corrected chi connectivity index (χ3v) is 7.02. The van der Waals surface area contributed by atoms with Crippen LogP contribution in [0, 0.1) is 6.92 Å². The number of carbonyl (C=O) groups excluding carboxylic acids is 1. The molecular formula is C28H31N3OS. The molecule has 1 N–H and O–H groups in total. The Balaban J connectivity index is 1.38. The van der Waals surface area contributed by atoms with Crippen molar-refractivity contribution < 1.29 is 4.79 Å². The Labute approximate surface area is 201 Å². The van der Waals surface area contributed by atoms with Crippen LogP contribution in [-0.2, 0) is 6.42 Å². The largest absolute Gasteiger partial charge is 0.351 e. The third kappa shape index (κ3) is 5.92. The number of carbonyl (C=O) groups is 1. The lowest BCUT2D eigenvalue weighted by atomic mass is 10.0. The molecule has 0 bridgehead atoms. The van der Waals surface area contributed by atoms with Crippen LogP contribution in [-0.4, -0.2) is 43.2 Å². The second kappa shape index (κ2) is 10.8. The van der Waals surface area contributed by atoms with Gasteiger partial charge < -0.3 is 10.2 Å². The first-order valence-corrected chi connectivity index (χ1v) is 12.4. The molecule has 0 spiro atoms. The minimum atomic E-state index is -0.0508. The van der Waals surface area contributed by atoms with Gasteiger partial charge in [-0.3, -0.25) is 9.79 Å². The van der Waals surface area contributed by atoms with Crippen molar-refractivity contribution in [2.45, 2.75) is 36.5 Å². The summed E-state index contributed by atoms with van der Waals surface area (Å²) < 4.78 is 0. The van der Waals surface area contributed by atoms with Gasteiger partial charge in [0.25, 0.3) is 5.91 Å². The number of fused-ring (bicyclic) bond motifs is 2. The first-order valence-electron chi connectivity index (χ1n) is 11.5. The average molecular weight is 458 g/mol. The van der Waals surface area contributed by atoms with Crippen LogP contribution in [0.1, 0.15) is 40.4 Å². The summed E-state index contributed by atoms with van der Waals surface area (Å²) in [6.07, 6.45) is 1.86. The van der Waals surface area contributed by atoms with Crippen LogP contribution in [0.15, 0.2) is 81.5 Å². The van der Waals surface area contributed by atoms with E-state index in [1.807, 2.05) is 24.3 Å². The molecule has 4 rings (SSSR count). The zero-order chi connectivity index (χ0) is 23.2. The summed E-state index contributed by atoms with van der Waals surface area (Å²) >= 11 is 1.72. The molecule has 0 atom stereocenters. The Morgan fingerprint density at radius 1 is 1.00 bits per heavy atom. The van der Waals surface area contributed by atoms with Gasteiger partial charge in [-0.05, 0) is 62.7 Å². The SMILES string of the molecule is CCC1=Nc2cc(C(=O)NCCN(C)CCc3ccccc3)ccc2Sc2ccc(C)cc21. The fourth-order valence-electron chi connectivity index (χ4n) is 3.92. The molecule has 0 saturated heterocycles. The lowest BCUT2D eigenvalue weighted by Gasteiger charge is -2.17. The monoisotopic (exact) mass is 457 g/mol. The number of aliphatic imine (C=N–C) groups is 1. The quantitative estimate of drug-likeness (QED) is 0.458. The molecule has 1 aliphatic heterocycles. The van der Waals surface area contributed by atoms with E-state index in [0.717, 1.165) is 42.2 Å². The van der Waals surface area contributed by atoms with Crippen molar-refractivity contribution >= 4 is 29.1 Å². The van der Waals surface area contributed by atoms with E-state index < -0.39 is 0 Å². The van der Waals surface area contributed by atoms with E-state index in [0.29, 0.717) is 12.1 Å². The number of benzene rings is 3. The van der Waals surface area contributed by atoms with Gasteiger partial charge in [0.2, 0.25) is 0 Å². The van der Waals surface area contributed by atoms with Gasteiger partial charge in [0.15, 0.2) is 0 Å². The van der Waals surface area contributed by atoms with Crippen molar-refractivity contribution in [3.8, 4) is 0 Å². The van der Waals surface area contributed by atoms with Crippen molar-refractivity contribution in [1.29, 1.82) is 0 Å². The molecule has 1 aliphatic rings. The number of amides is 1. The second-order valence-corrected chi connectivity index (χ2v) is 9.57. The number of hydrogen-bond donors (Lipinski definition) is 1. The fourth-order valence-corrected chi connectivity index (χ4v) is 4.93. The lowest BCUT2D eigenvalue weighted by Crippen LogP contribution is -2.33. The van der Waals surface area contributed by atoms with Crippen molar-refractivity contribution in [3.63, 3.8) is 0 Å². The zero-order valence-electron chi connectivity index (χ0n) is 19.6. The van der Waals surface area contributed by atoms with E-state index in [-0.39, 0.29) is 5.91 Å². The van der Waals surface area contributed by atoms with Gasteiger partial charge >= 0.3 is 0 Å². The third-order valence-electron chi connectivity index (χ3n) is 5.88. The number of aryl methyl sites for hydroxylation is 1. The standard InChI is InChI=1S/C28H31N3OS/c1-4-24-23-18-20(2)10-12-26(23)33-27-13-11-22(19-25(27)30-24)28(32)29-15-17-31(3)16-14-21-8-6-5-7-9-21/h5-13,18-19H,4,14-17H2,1-3H3,(H,29,32). The van der Waals surface area contributed by atoms with Crippen LogP contribution >= 0.6 is 11.8 Å². The predicted octanol–water partition coefficient (Wildman–Crippen LogP) is 5.89. The molecular weight excluding hydrogens is 426 g/mol. The van der Waals surface area contributed by atoms with E-state index in [1.165, 1.54) is 21.6 Å². The zero-order valence-corrected chi connectivity index (χ0v) is 20.4. The Hall–Kier alpha value is -2.89. The van der Waals surface area contributed by atoms with Crippen molar-refractivity contribution in [2.75, 3.05) is 26.7 Å². The summed E-state index contributed by atoms with van der Waals surface area (Å²) in [6.45, 7) is 6.63. The summed E-state index contributed by atoms with van der Waals surface area (Å²) in [4.78, 5) is 22.3. The van der Waals surface area contributed by atoms with Gasteiger partial charge in [0.1, 0.15) is 0 Å². The molecule has 33 heavy (non-hydrogen) atoms. The summed E-state index contributed by atoms with van der Waals surface area (Å²) in [6, 6.07) is 22.8. The van der Waals surface area contributed by atoms with E-state index in [2.05, 4.69) is 73.6 Å². The van der Waals surface area contributed by atoms with Gasteiger partial charge in [-0.1, -0.05) is 60.6 Å². The molecule has 0 saturated carbocycles. The first kappa shape index (κ1) is 23.3. The number of nitrogens with one attached hydrogen (secondary N) is 1. The van der Waals surface area contributed by atoms with Gasteiger partial charge in [-0.2, -0.15) is 0 Å². The number of likely N-dealkylation sites (N-methyl/N-ethyl adjacent to an activating group) is 1. The van der Waals surface area contributed by atoms with Crippen molar-refractivity contribution in [2.24, 2.45) is 4.99 Å². The maximum atomic E-state index is 12.8. The molecule has 3 aromatic carbocycles. The van der Waals surface area contributed by atoms with Crippen LogP contribution in [0.25, 0.3) is 0 Å². The predicted molar refractivity (Wildman–Crippen MR) is 138 cm³/mol. The fraction of sp³-hybridized carbons (Fsp3) is 0.286. The van der Waals surface area contributed by atoms with E-state index >= 15 is 0 Å². The summed E-state index contributed by atoms with van der Waals surface area (Å²) in [5.41, 5.74) is 6.36. The van der Waals surface area contributed by atoms with Gasteiger partial charge in [0, 0.05) is 46.3 Å². The molecule has 1 amide bonds. The van der Waals surface area contributed by atoms with Crippen LogP contribution in [0.5, 0.6) is 0 Å². The van der Waals surface area contributed by atoms with Crippen LogP contribution in [0.3, 0.4) is 0 Å². The van der Waals surface area contributed by atoms with Gasteiger partial charge in [0.05, 0.1) is 5.69 Å². The van der Waals surface area contributed by atoms with Crippen LogP contribution in [0.4, 0.5) is 5.69 Å². The molecule has 0 fully saturated rings. The highest BCUT2D eigenvalue weighted by Crippen LogP contribution is 2.41. The van der Waals surface area contributed by atoms with E-state index in [9.17, 15) is 4.79 Å². The Bertz CT molecular complexity index is 1160. The molecule has 0 radical (unpaired) electrons. The molecule has 0 aliphatic carbocycles. The smallest absolute Gasteiger partial charge is 0.251 e. The van der Waals surface area contributed by atoms with Crippen LogP contribution < -0.4 is 5.32 Å². The minimum Gasteiger partial charge on any atom is -0.351 e. The topological polar surface area (TPSA) is 44.7 Å². The second-order valence-electron chi connectivity index (χ2n) is 8.49. The number of hydrogen-bond acceptors (Lipinski definition) is 4. The first-order chi connectivity index (χ1) is 16.0. The lowest BCUT2D eigenvalue weighted by molar-refractivity contribution is 0.0950. The van der Waals surface area contributed by atoms with E-state index in [4.69, 9.17) is 4.99 Å². The number of rotatable bonds is 8. The Morgan fingerprint density at radius 2 is 1.79 bits per heavy atom. The average Bonchev–Trinajstić information content (AvgIpc) is 2.99. The molecule has 4 nitrogen and oxygen atoms in total. The molecule has 0 aromatic heterocycles. The molecule has 170 valence electrons. The van der Waals surface area contributed by atoms with Crippen molar-refractivity contribution in [3.05, 3.63) is 89.0 Å². The normalized spacial score (nSPS) is 12.5. The van der Waals surface area contributed by atoms with Crippen molar-refractivity contribution in [1.82, 2.24) is 10.2 Å². The highest BCUT2D eigenvalue weighted by Gasteiger charge is 2.18. The highest BCUT2D eigenvalue weighted by atomic mass is 32.2. The van der Waals surface area contributed by atoms with Crippen LogP contribution in [0.2, 0.25) is 0 Å². The maximum Gasteiger partial charge on any atom is 0.251 e. The highest BCUT2D eigenvalue weighted by molar-refractivity contribution is 7.99. The number of nitrogens with zero attached hydrogens (tertiary/aromatic N) is 2. The summed E-state index contributed by atoms with van der Waals surface area (Å²) in [5, 5.41) is 3.06. The summed E-state index contributed by atoms with van der Waals surface area (Å²) in [7, 11) is 2.09. The Kier molecular flexibility index (Phi) is 7.63. The molecule has 3 aromatic rings. The molecule has 5 heteroatoms. The molecule has 0 unspecified atom stereocenters. The summed E-state index contributed by atoms with van der Waals surface area (Å²) in [5.74, 6) is -0.0508. The maximum absolute atomic E-state index is 12.8. The van der Waals surface area contributed by atoms with E-state index in [1.54, 1.807) is 11.8 Å². The van der Waals surface area contributed by atoms with Gasteiger partial charge in [-0.15, -0.1) is 0 Å².